The highest BCUT2D eigenvalue weighted by Crippen LogP contribution is 2.15. The van der Waals surface area contributed by atoms with E-state index >= 15 is 0 Å². The second-order valence-corrected chi connectivity index (χ2v) is 8.99. The molecule has 0 N–H and O–H groups in total. The van der Waals surface area contributed by atoms with Gasteiger partial charge in [-0.2, -0.15) is 0 Å². The van der Waals surface area contributed by atoms with E-state index in [9.17, 15) is 0 Å². The molecule has 0 amide bonds. The van der Waals surface area contributed by atoms with Gasteiger partial charge in [0.15, 0.2) is 0 Å². The van der Waals surface area contributed by atoms with Crippen LogP contribution >= 0.6 is 0 Å². The minimum atomic E-state index is -1.39. The zero-order valence-electron chi connectivity index (χ0n) is 9.65. The SMILES string of the molecule is C=C(CCCCCC)O[Si](C)(C)C. The lowest BCUT2D eigenvalue weighted by atomic mass is 10.1. The molecule has 0 aromatic heterocycles. The lowest BCUT2D eigenvalue weighted by molar-refractivity contribution is 0.394. The quantitative estimate of drug-likeness (QED) is 0.338. The zero-order chi connectivity index (χ0) is 10.3. The summed E-state index contributed by atoms with van der Waals surface area (Å²) in [6.45, 7) is 12.8. The molecule has 0 heterocycles. The molecule has 0 fully saturated rings. The molecule has 0 saturated carbocycles. The molecule has 0 aliphatic rings. The molecule has 78 valence electrons. The molecular formula is C11H24OSi. The van der Waals surface area contributed by atoms with Crippen LogP contribution in [0, 0.1) is 0 Å². The van der Waals surface area contributed by atoms with Crippen molar-refractivity contribution in [1.82, 2.24) is 0 Å². The Hall–Kier alpha value is -0.243. The maximum Gasteiger partial charge on any atom is 0.241 e. The predicted octanol–water partition coefficient (Wildman–Crippen LogP) is 4.32. The van der Waals surface area contributed by atoms with Crippen LogP contribution in [0.2, 0.25) is 19.6 Å². The van der Waals surface area contributed by atoms with E-state index in [1.165, 1.54) is 25.7 Å². The third kappa shape index (κ3) is 9.67. The van der Waals surface area contributed by atoms with Gasteiger partial charge in [0.2, 0.25) is 8.32 Å². The van der Waals surface area contributed by atoms with Crippen LogP contribution in [0.3, 0.4) is 0 Å². The van der Waals surface area contributed by atoms with Gasteiger partial charge in [0, 0.05) is 6.42 Å². The van der Waals surface area contributed by atoms with Crippen LogP contribution in [0.25, 0.3) is 0 Å². The van der Waals surface area contributed by atoms with Gasteiger partial charge in [-0.25, -0.2) is 0 Å². The normalized spacial score (nSPS) is 11.4. The summed E-state index contributed by atoms with van der Waals surface area (Å²) in [5.41, 5.74) is 0. The Bertz CT molecular complexity index is 147. The molecule has 0 unspecified atom stereocenters. The fraction of sp³-hybridized carbons (Fsp3) is 0.818. The summed E-state index contributed by atoms with van der Waals surface area (Å²) in [6, 6.07) is 0. The minimum Gasteiger partial charge on any atom is -0.548 e. The van der Waals surface area contributed by atoms with E-state index in [1.54, 1.807) is 0 Å². The monoisotopic (exact) mass is 200 g/mol. The molecule has 0 aliphatic heterocycles. The number of unbranched alkanes of at least 4 members (excludes halogenated alkanes) is 3. The van der Waals surface area contributed by atoms with Crippen molar-refractivity contribution in [3.63, 3.8) is 0 Å². The Kier molecular flexibility index (Phi) is 6.13. The second-order valence-electron chi connectivity index (χ2n) is 4.56. The van der Waals surface area contributed by atoms with E-state index in [2.05, 4.69) is 33.1 Å². The van der Waals surface area contributed by atoms with E-state index < -0.39 is 8.32 Å². The minimum absolute atomic E-state index is 0.996. The molecule has 0 bridgehead atoms. The van der Waals surface area contributed by atoms with E-state index in [1.807, 2.05) is 0 Å². The smallest absolute Gasteiger partial charge is 0.241 e. The van der Waals surface area contributed by atoms with Crippen molar-refractivity contribution in [2.75, 3.05) is 0 Å². The summed E-state index contributed by atoms with van der Waals surface area (Å²) in [7, 11) is -1.39. The van der Waals surface area contributed by atoms with Crippen LogP contribution in [-0.4, -0.2) is 8.32 Å². The van der Waals surface area contributed by atoms with Crippen LogP contribution in [-0.2, 0) is 4.43 Å². The van der Waals surface area contributed by atoms with Crippen molar-refractivity contribution in [1.29, 1.82) is 0 Å². The third-order valence-electron chi connectivity index (χ3n) is 1.76. The molecular weight excluding hydrogens is 176 g/mol. The Labute approximate surface area is 84.3 Å². The summed E-state index contributed by atoms with van der Waals surface area (Å²) < 4.78 is 5.76. The Morgan fingerprint density at radius 2 is 1.77 bits per heavy atom. The molecule has 1 nitrogen and oxygen atoms in total. The molecule has 13 heavy (non-hydrogen) atoms. The molecule has 0 spiro atoms. The van der Waals surface area contributed by atoms with Crippen molar-refractivity contribution < 1.29 is 4.43 Å². The second kappa shape index (κ2) is 6.25. The van der Waals surface area contributed by atoms with Gasteiger partial charge in [0.05, 0.1) is 5.76 Å². The molecule has 0 rings (SSSR count). The van der Waals surface area contributed by atoms with Crippen LogP contribution in [0.1, 0.15) is 39.0 Å². The summed E-state index contributed by atoms with van der Waals surface area (Å²) >= 11 is 0. The van der Waals surface area contributed by atoms with Crippen LogP contribution in [0.4, 0.5) is 0 Å². The standard InChI is InChI=1S/C11H24OSi/c1-6-7-8-9-10-11(2)12-13(3,4)5/h2,6-10H2,1,3-5H3. The summed E-state index contributed by atoms with van der Waals surface area (Å²) in [5, 5.41) is 0. The van der Waals surface area contributed by atoms with Gasteiger partial charge in [-0.1, -0.05) is 32.8 Å². The number of allylic oxidation sites excluding steroid dienone is 1. The van der Waals surface area contributed by atoms with Crippen LogP contribution in [0.15, 0.2) is 12.3 Å². The lowest BCUT2D eigenvalue weighted by Gasteiger charge is -2.20. The first-order chi connectivity index (χ1) is 5.95. The highest BCUT2D eigenvalue weighted by Gasteiger charge is 2.16. The predicted molar refractivity (Wildman–Crippen MR) is 62.3 cm³/mol. The van der Waals surface area contributed by atoms with Crippen molar-refractivity contribution in [3.8, 4) is 0 Å². The molecule has 0 atom stereocenters. The van der Waals surface area contributed by atoms with Gasteiger partial charge < -0.3 is 4.43 Å². The Balaban J connectivity index is 3.41. The van der Waals surface area contributed by atoms with Gasteiger partial charge in [0.25, 0.3) is 0 Å². The summed E-state index contributed by atoms with van der Waals surface area (Å²) in [4.78, 5) is 0. The van der Waals surface area contributed by atoms with Gasteiger partial charge in [-0.15, -0.1) is 0 Å². The molecule has 2 heteroatoms. The van der Waals surface area contributed by atoms with E-state index in [0.29, 0.717) is 0 Å². The van der Waals surface area contributed by atoms with Crippen molar-refractivity contribution in [3.05, 3.63) is 12.3 Å². The lowest BCUT2D eigenvalue weighted by Crippen LogP contribution is -2.24. The van der Waals surface area contributed by atoms with Gasteiger partial charge in [0.1, 0.15) is 0 Å². The van der Waals surface area contributed by atoms with E-state index in [4.69, 9.17) is 4.43 Å². The van der Waals surface area contributed by atoms with E-state index in [-0.39, 0.29) is 0 Å². The molecule has 0 radical (unpaired) electrons. The van der Waals surface area contributed by atoms with Crippen molar-refractivity contribution in [2.24, 2.45) is 0 Å². The van der Waals surface area contributed by atoms with Gasteiger partial charge >= 0.3 is 0 Å². The maximum atomic E-state index is 5.76. The average molecular weight is 200 g/mol. The van der Waals surface area contributed by atoms with Crippen molar-refractivity contribution in [2.45, 2.75) is 58.7 Å². The molecule has 0 aliphatic carbocycles. The summed E-state index contributed by atoms with van der Waals surface area (Å²) in [5.74, 6) is 0.996. The Morgan fingerprint density at radius 3 is 2.23 bits per heavy atom. The van der Waals surface area contributed by atoms with Gasteiger partial charge in [-0.3, -0.25) is 0 Å². The average Bonchev–Trinajstić information content (AvgIpc) is 1.94. The molecule has 0 saturated heterocycles. The highest BCUT2D eigenvalue weighted by molar-refractivity contribution is 6.70. The number of hydrogen-bond acceptors (Lipinski definition) is 1. The maximum absolute atomic E-state index is 5.76. The molecule has 0 aromatic rings. The largest absolute Gasteiger partial charge is 0.548 e. The van der Waals surface area contributed by atoms with E-state index in [0.717, 1.165) is 12.2 Å². The first kappa shape index (κ1) is 12.8. The zero-order valence-corrected chi connectivity index (χ0v) is 10.7. The first-order valence-corrected chi connectivity index (χ1v) is 8.73. The third-order valence-corrected chi connectivity index (χ3v) is 2.66. The topological polar surface area (TPSA) is 9.23 Å². The van der Waals surface area contributed by atoms with Crippen molar-refractivity contribution >= 4 is 8.32 Å². The first-order valence-electron chi connectivity index (χ1n) is 5.32. The fourth-order valence-electron chi connectivity index (χ4n) is 1.23. The highest BCUT2D eigenvalue weighted by atomic mass is 28.4. The van der Waals surface area contributed by atoms with Crippen LogP contribution < -0.4 is 0 Å². The fourth-order valence-corrected chi connectivity index (χ4v) is 2.20. The molecule has 0 aromatic carbocycles. The Morgan fingerprint density at radius 1 is 1.15 bits per heavy atom. The van der Waals surface area contributed by atoms with Crippen LogP contribution in [0.5, 0.6) is 0 Å². The number of hydrogen-bond donors (Lipinski definition) is 0. The van der Waals surface area contributed by atoms with Gasteiger partial charge in [-0.05, 0) is 26.1 Å². The summed E-state index contributed by atoms with van der Waals surface area (Å²) in [6.07, 6.45) is 6.22. The number of rotatable bonds is 7.